The van der Waals surface area contributed by atoms with Gasteiger partial charge in [0.1, 0.15) is 23.9 Å². The molecule has 0 aromatic heterocycles. The van der Waals surface area contributed by atoms with E-state index in [1.807, 2.05) is 0 Å². The number of benzene rings is 1. The SMILES string of the molecule is CC(O)C(NC(=O)C(Cc1ccc(O)cc1)NC(=O)C(N)CCCN=C(N)N)C(=O)NC(CCCCN)C(=O)O. The largest absolute Gasteiger partial charge is 0.508 e. The Labute approximate surface area is 232 Å². The number of carboxylic acid groups (broad SMARTS) is 1. The maximum Gasteiger partial charge on any atom is 0.326 e. The van der Waals surface area contributed by atoms with Gasteiger partial charge in [0, 0.05) is 13.0 Å². The zero-order valence-electron chi connectivity index (χ0n) is 22.6. The van der Waals surface area contributed by atoms with E-state index in [2.05, 4.69) is 20.9 Å². The molecular weight excluding hydrogens is 524 g/mol. The number of phenols is 1. The molecule has 0 radical (unpaired) electrons. The van der Waals surface area contributed by atoms with Crippen LogP contribution >= 0.6 is 0 Å². The second-order valence-electron chi connectivity index (χ2n) is 9.40. The van der Waals surface area contributed by atoms with Crippen molar-refractivity contribution in [1.29, 1.82) is 0 Å². The monoisotopic (exact) mass is 566 g/mol. The van der Waals surface area contributed by atoms with Gasteiger partial charge in [-0.2, -0.15) is 0 Å². The first-order valence-corrected chi connectivity index (χ1v) is 13.0. The number of carboxylic acids is 1. The lowest BCUT2D eigenvalue weighted by Crippen LogP contribution is -2.60. The summed E-state index contributed by atoms with van der Waals surface area (Å²) in [4.78, 5) is 54.4. The maximum atomic E-state index is 13.3. The molecule has 0 fully saturated rings. The van der Waals surface area contributed by atoms with E-state index in [4.69, 9.17) is 22.9 Å². The minimum atomic E-state index is -1.52. The molecule has 14 N–H and O–H groups in total. The molecule has 15 nitrogen and oxygen atoms in total. The quantitative estimate of drug-likeness (QED) is 0.0498. The third-order valence-corrected chi connectivity index (χ3v) is 5.94. The maximum absolute atomic E-state index is 13.3. The normalized spacial score (nSPS) is 14.6. The third kappa shape index (κ3) is 12.7. The summed E-state index contributed by atoms with van der Waals surface area (Å²) < 4.78 is 0. The van der Waals surface area contributed by atoms with E-state index in [9.17, 15) is 34.5 Å². The van der Waals surface area contributed by atoms with Gasteiger partial charge < -0.3 is 54.2 Å². The number of guanidine groups is 1. The van der Waals surface area contributed by atoms with Crippen LogP contribution in [0.15, 0.2) is 29.3 Å². The summed E-state index contributed by atoms with van der Waals surface area (Å²) in [6, 6.07) is 0.926. The molecule has 1 aromatic carbocycles. The number of nitrogens with zero attached hydrogens (tertiary/aromatic N) is 1. The summed E-state index contributed by atoms with van der Waals surface area (Å²) in [7, 11) is 0. The molecule has 0 spiro atoms. The second kappa shape index (κ2) is 17.6. The lowest BCUT2D eigenvalue weighted by Gasteiger charge is -2.26. The number of aliphatic imine (C=N–C) groups is 1. The Morgan fingerprint density at radius 3 is 2.08 bits per heavy atom. The Balaban J connectivity index is 3.03. The molecule has 0 saturated carbocycles. The van der Waals surface area contributed by atoms with E-state index >= 15 is 0 Å². The van der Waals surface area contributed by atoms with Crippen LogP contribution in [-0.2, 0) is 25.6 Å². The molecule has 0 saturated heterocycles. The van der Waals surface area contributed by atoms with Crippen molar-refractivity contribution in [1.82, 2.24) is 16.0 Å². The van der Waals surface area contributed by atoms with Gasteiger partial charge >= 0.3 is 5.97 Å². The Kier molecular flexibility index (Phi) is 15.0. The highest BCUT2D eigenvalue weighted by Gasteiger charge is 2.32. The van der Waals surface area contributed by atoms with Crippen LogP contribution in [0.2, 0.25) is 0 Å². The van der Waals surface area contributed by atoms with Gasteiger partial charge in [-0.1, -0.05) is 12.1 Å². The van der Waals surface area contributed by atoms with Crippen LogP contribution in [0.25, 0.3) is 0 Å². The highest BCUT2D eigenvalue weighted by Crippen LogP contribution is 2.12. The van der Waals surface area contributed by atoms with Crippen molar-refractivity contribution in [3.05, 3.63) is 29.8 Å². The van der Waals surface area contributed by atoms with Crippen molar-refractivity contribution in [2.75, 3.05) is 13.1 Å². The molecular formula is C25H42N8O7. The molecule has 0 heterocycles. The fourth-order valence-corrected chi connectivity index (χ4v) is 3.68. The highest BCUT2D eigenvalue weighted by atomic mass is 16.4. The number of nitrogens with one attached hydrogen (secondary N) is 3. The molecule has 1 rings (SSSR count). The summed E-state index contributed by atoms with van der Waals surface area (Å²) in [5.74, 6) is -3.73. The van der Waals surface area contributed by atoms with Crippen LogP contribution in [0.1, 0.15) is 44.6 Å². The first kappa shape index (κ1) is 34.1. The number of unbranched alkanes of at least 4 members (excludes halogenated alkanes) is 1. The summed E-state index contributed by atoms with van der Waals surface area (Å²) in [5.41, 5.74) is 22.5. The van der Waals surface area contributed by atoms with Crippen LogP contribution in [0.5, 0.6) is 5.75 Å². The zero-order chi connectivity index (χ0) is 30.2. The van der Waals surface area contributed by atoms with Gasteiger partial charge in [-0.15, -0.1) is 0 Å². The van der Waals surface area contributed by atoms with E-state index in [1.54, 1.807) is 12.1 Å². The molecule has 3 amide bonds. The van der Waals surface area contributed by atoms with E-state index < -0.39 is 54.0 Å². The Morgan fingerprint density at radius 2 is 1.52 bits per heavy atom. The van der Waals surface area contributed by atoms with E-state index in [-0.39, 0.29) is 37.5 Å². The number of aliphatic carboxylic acids is 1. The lowest BCUT2D eigenvalue weighted by molar-refractivity contribution is -0.143. The first-order valence-electron chi connectivity index (χ1n) is 13.0. The topological polar surface area (TPSA) is 282 Å². The van der Waals surface area contributed by atoms with Crippen molar-refractivity contribution in [2.45, 2.75) is 75.7 Å². The highest BCUT2D eigenvalue weighted by molar-refractivity contribution is 5.94. The van der Waals surface area contributed by atoms with Crippen LogP contribution in [0, 0.1) is 0 Å². The number of carbonyl (C=O) groups excluding carboxylic acids is 3. The van der Waals surface area contributed by atoms with Gasteiger partial charge in [-0.3, -0.25) is 19.4 Å². The van der Waals surface area contributed by atoms with Gasteiger partial charge in [0.2, 0.25) is 17.7 Å². The predicted molar refractivity (Wildman–Crippen MR) is 148 cm³/mol. The van der Waals surface area contributed by atoms with Crippen molar-refractivity contribution in [3.8, 4) is 5.75 Å². The van der Waals surface area contributed by atoms with Gasteiger partial charge in [-0.05, 0) is 63.3 Å². The minimum absolute atomic E-state index is 0.00173. The predicted octanol–water partition coefficient (Wildman–Crippen LogP) is -2.64. The third-order valence-electron chi connectivity index (χ3n) is 5.94. The molecule has 0 aliphatic heterocycles. The van der Waals surface area contributed by atoms with Crippen LogP contribution in [-0.4, -0.2) is 88.3 Å². The van der Waals surface area contributed by atoms with Gasteiger partial charge in [-0.25, -0.2) is 4.79 Å². The molecule has 15 heteroatoms. The van der Waals surface area contributed by atoms with Crippen molar-refractivity contribution in [2.24, 2.45) is 27.9 Å². The Morgan fingerprint density at radius 1 is 0.900 bits per heavy atom. The molecule has 0 aliphatic rings. The molecule has 224 valence electrons. The van der Waals surface area contributed by atoms with Crippen LogP contribution < -0.4 is 38.9 Å². The number of aromatic hydroxyl groups is 1. The molecule has 1 aromatic rings. The van der Waals surface area contributed by atoms with Crippen molar-refractivity contribution in [3.63, 3.8) is 0 Å². The Bertz CT molecular complexity index is 999. The minimum Gasteiger partial charge on any atom is -0.508 e. The second-order valence-corrected chi connectivity index (χ2v) is 9.40. The Hall–Kier alpha value is -3.95. The summed E-state index contributed by atoms with van der Waals surface area (Å²) in [5, 5.41) is 36.6. The summed E-state index contributed by atoms with van der Waals surface area (Å²) >= 11 is 0. The molecule has 0 bridgehead atoms. The van der Waals surface area contributed by atoms with E-state index in [1.165, 1.54) is 19.1 Å². The zero-order valence-corrected chi connectivity index (χ0v) is 22.6. The van der Waals surface area contributed by atoms with E-state index in [0.717, 1.165) is 0 Å². The van der Waals surface area contributed by atoms with Crippen molar-refractivity contribution < 1.29 is 34.5 Å². The average molecular weight is 567 g/mol. The number of aliphatic hydroxyl groups is 1. The summed E-state index contributed by atoms with van der Waals surface area (Å²) in [6.45, 7) is 1.88. The van der Waals surface area contributed by atoms with Crippen LogP contribution in [0.4, 0.5) is 0 Å². The van der Waals surface area contributed by atoms with E-state index in [0.29, 0.717) is 31.4 Å². The van der Waals surface area contributed by atoms with Crippen molar-refractivity contribution >= 4 is 29.7 Å². The standard InChI is InChI=1S/C25H42N8O7/c1-14(34)20(23(38)31-18(24(39)40)6-2-3-11-26)33-22(37)19(13-15-7-9-16(35)10-8-15)32-21(36)17(27)5-4-12-30-25(28)29/h7-10,14,17-20,34-35H,2-6,11-13,26-27H2,1H3,(H,31,38)(H,32,36)(H,33,37)(H,39,40)(H4,28,29,30). The molecule has 5 atom stereocenters. The average Bonchev–Trinajstić information content (AvgIpc) is 2.89. The summed E-state index contributed by atoms with van der Waals surface area (Å²) in [6.07, 6.45) is 0.308. The fraction of sp³-hybridized carbons (Fsp3) is 0.560. The van der Waals surface area contributed by atoms with Crippen LogP contribution in [0.3, 0.4) is 0 Å². The molecule has 5 unspecified atom stereocenters. The molecule has 40 heavy (non-hydrogen) atoms. The number of rotatable bonds is 18. The van der Waals surface area contributed by atoms with Gasteiger partial charge in [0.15, 0.2) is 5.96 Å². The lowest BCUT2D eigenvalue weighted by atomic mass is 10.0. The number of nitrogens with two attached hydrogens (primary N) is 4. The fourth-order valence-electron chi connectivity index (χ4n) is 3.68. The smallest absolute Gasteiger partial charge is 0.326 e. The number of phenolic OH excluding ortho intramolecular Hbond substituents is 1. The van der Waals surface area contributed by atoms with Gasteiger partial charge in [0.05, 0.1) is 12.1 Å². The number of hydrogen-bond acceptors (Lipinski definition) is 9. The number of amides is 3. The molecule has 0 aliphatic carbocycles. The van der Waals surface area contributed by atoms with Gasteiger partial charge in [0.25, 0.3) is 0 Å². The number of carbonyl (C=O) groups is 4. The number of aliphatic hydroxyl groups excluding tert-OH is 1. The first-order chi connectivity index (χ1) is 18.8. The number of hydrogen-bond donors (Lipinski definition) is 10.